The maximum atomic E-state index is 12.6. The van der Waals surface area contributed by atoms with E-state index in [1.54, 1.807) is 0 Å². The van der Waals surface area contributed by atoms with Crippen LogP contribution >= 0.6 is 0 Å². The van der Waals surface area contributed by atoms with Gasteiger partial charge < -0.3 is 5.32 Å². The summed E-state index contributed by atoms with van der Waals surface area (Å²) in [6, 6.07) is 1.81. The zero-order chi connectivity index (χ0) is 16.5. The van der Waals surface area contributed by atoms with Crippen LogP contribution in [-0.2, 0) is 16.3 Å². The highest BCUT2D eigenvalue weighted by Crippen LogP contribution is 2.38. The van der Waals surface area contributed by atoms with Crippen LogP contribution in [0.4, 0.5) is 13.2 Å². The van der Waals surface area contributed by atoms with E-state index in [9.17, 15) is 26.1 Å². The van der Waals surface area contributed by atoms with E-state index < -0.39 is 33.0 Å². The average molecular weight is 338 g/mol. The standard InChI is InChI=1S/C13H17F3N2O3S/c1-8-6-17-5-4-10(8)12(22(19,20)21)11-3-2-9(7-18-11)13(14,15)16/h2-3,7-8,10,12,17H,4-6H2,1H3,(H,19,20,21). The van der Waals surface area contributed by atoms with Gasteiger partial charge in [-0.15, -0.1) is 0 Å². The molecule has 3 atom stereocenters. The summed E-state index contributed by atoms with van der Waals surface area (Å²) in [7, 11) is -4.47. The topological polar surface area (TPSA) is 79.3 Å². The van der Waals surface area contributed by atoms with Crippen LogP contribution in [0.25, 0.3) is 0 Å². The summed E-state index contributed by atoms with van der Waals surface area (Å²) in [6.45, 7) is 3.00. The van der Waals surface area contributed by atoms with Crippen LogP contribution in [0.3, 0.4) is 0 Å². The van der Waals surface area contributed by atoms with Gasteiger partial charge in [0.1, 0.15) is 5.25 Å². The first-order chi connectivity index (χ1) is 10.1. The van der Waals surface area contributed by atoms with Crippen molar-refractivity contribution in [1.82, 2.24) is 10.3 Å². The zero-order valence-electron chi connectivity index (χ0n) is 11.8. The number of rotatable bonds is 3. The van der Waals surface area contributed by atoms with Crippen LogP contribution in [0.15, 0.2) is 18.3 Å². The molecular formula is C13H17F3N2O3S. The summed E-state index contributed by atoms with van der Waals surface area (Å²) in [5.41, 5.74) is -1.02. The number of nitrogens with zero attached hydrogens (tertiary/aromatic N) is 1. The highest BCUT2D eigenvalue weighted by atomic mass is 32.2. The van der Waals surface area contributed by atoms with Crippen molar-refractivity contribution in [2.75, 3.05) is 13.1 Å². The largest absolute Gasteiger partial charge is 0.417 e. The maximum Gasteiger partial charge on any atom is 0.417 e. The second-order valence-corrected chi connectivity index (χ2v) is 7.08. The van der Waals surface area contributed by atoms with Crippen molar-refractivity contribution in [2.45, 2.75) is 24.8 Å². The molecule has 0 saturated carbocycles. The Morgan fingerprint density at radius 3 is 2.55 bits per heavy atom. The molecule has 2 heterocycles. The minimum Gasteiger partial charge on any atom is -0.316 e. The van der Waals surface area contributed by atoms with Gasteiger partial charge in [-0.3, -0.25) is 9.54 Å². The van der Waals surface area contributed by atoms with Crippen LogP contribution in [0.5, 0.6) is 0 Å². The van der Waals surface area contributed by atoms with E-state index in [4.69, 9.17) is 0 Å². The number of hydrogen-bond donors (Lipinski definition) is 2. The Morgan fingerprint density at radius 1 is 1.41 bits per heavy atom. The van der Waals surface area contributed by atoms with Gasteiger partial charge in [0.15, 0.2) is 0 Å². The number of nitrogens with one attached hydrogen (secondary N) is 1. The Bertz CT molecular complexity index is 616. The lowest BCUT2D eigenvalue weighted by atomic mass is 9.84. The van der Waals surface area contributed by atoms with E-state index in [-0.39, 0.29) is 11.6 Å². The molecule has 5 nitrogen and oxygen atoms in total. The fraction of sp³-hybridized carbons (Fsp3) is 0.615. The lowest BCUT2D eigenvalue weighted by Crippen LogP contribution is -2.40. The van der Waals surface area contributed by atoms with E-state index in [2.05, 4.69) is 10.3 Å². The fourth-order valence-electron chi connectivity index (χ4n) is 2.82. The smallest absolute Gasteiger partial charge is 0.316 e. The molecule has 1 fully saturated rings. The molecule has 22 heavy (non-hydrogen) atoms. The number of hydrogen-bond acceptors (Lipinski definition) is 4. The summed E-state index contributed by atoms with van der Waals surface area (Å²) in [4.78, 5) is 3.64. The molecule has 1 aliphatic rings. The molecule has 1 aromatic rings. The third-order valence-corrected chi connectivity index (χ3v) is 5.20. The molecule has 9 heteroatoms. The molecule has 0 spiro atoms. The monoisotopic (exact) mass is 338 g/mol. The van der Waals surface area contributed by atoms with Crippen molar-refractivity contribution in [2.24, 2.45) is 11.8 Å². The quantitative estimate of drug-likeness (QED) is 0.827. The minimum absolute atomic E-state index is 0.0511. The molecule has 0 aromatic carbocycles. The minimum atomic E-state index is -4.54. The van der Waals surface area contributed by atoms with Gasteiger partial charge in [0.2, 0.25) is 0 Å². The van der Waals surface area contributed by atoms with Crippen molar-refractivity contribution in [1.29, 1.82) is 0 Å². The maximum absolute atomic E-state index is 12.6. The van der Waals surface area contributed by atoms with Crippen molar-refractivity contribution in [3.63, 3.8) is 0 Å². The molecule has 124 valence electrons. The van der Waals surface area contributed by atoms with Crippen LogP contribution in [-0.4, -0.2) is 31.0 Å². The van der Waals surface area contributed by atoms with Crippen LogP contribution in [0.1, 0.15) is 29.9 Å². The lowest BCUT2D eigenvalue weighted by Gasteiger charge is -2.33. The van der Waals surface area contributed by atoms with Crippen LogP contribution in [0, 0.1) is 11.8 Å². The first kappa shape index (κ1) is 17.2. The molecule has 0 radical (unpaired) electrons. The fourth-order valence-corrected chi connectivity index (χ4v) is 4.11. The average Bonchev–Trinajstić information content (AvgIpc) is 2.39. The Morgan fingerprint density at radius 2 is 2.09 bits per heavy atom. The number of pyridine rings is 1. The van der Waals surface area contributed by atoms with Gasteiger partial charge in [-0.2, -0.15) is 21.6 Å². The van der Waals surface area contributed by atoms with Crippen molar-refractivity contribution in [3.05, 3.63) is 29.6 Å². The van der Waals surface area contributed by atoms with E-state index in [1.165, 1.54) is 0 Å². The van der Waals surface area contributed by atoms with Gasteiger partial charge in [-0.1, -0.05) is 6.92 Å². The third kappa shape index (κ3) is 3.76. The predicted octanol–water partition coefficient (Wildman–Crippen LogP) is 2.27. The summed E-state index contributed by atoms with van der Waals surface area (Å²) in [5.74, 6) is -0.453. The summed E-state index contributed by atoms with van der Waals surface area (Å²) in [6.07, 6.45) is -3.45. The highest BCUT2D eigenvalue weighted by molar-refractivity contribution is 7.86. The summed E-state index contributed by atoms with van der Waals surface area (Å²) >= 11 is 0. The van der Waals surface area contributed by atoms with E-state index in [0.717, 1.165) is 12.1 Å². The molecule has 2 N–H and O–H groups in total. The molecular weight excluding hydrogens is 321 g/mol. The second kappa shape index (κ2) is 6.13. The molecule has 1 aliphatic heterocycles. The van der Waals surface area contributed by atoms with E-state index in [0.29, 0.717) is 25.7 Å². The lowest BCUT2D eigenvalue weighted by molar-refractivity contribution is -0.137. The molecule has 3 unspecified atom stereocenters. The van der Waals surface area contributed by atoms with Gasteiger partial charge >= 0.3 is 6.18 Å². The van der Waals surface area contributed by atoms with Crippen molar-refractivity contribution in [3.8, 4) is 0 Å². The van der Waals surface area contributed by atoms with E-state index >= 15 is 0 Å². The third-order valence-electron chi connectivity index (χ3n) is 3.97. The molecule has 1 aromatic heterocycles. The number of alkyl halides is 3. The Balaban J connectivity index is 2.38. The first-order valence-electron chi connectivity index (χ1n) is 6.81. The van der Waals surface area contributed by atoms with Crippen LogP contribution in [0.2, 0.25) is 0 Å². The van der Waals surface area contributed by atoms with Gasteiger partial charge in [0.05, 0.1) is 11.3 Å². The number of halogens is 3. The molecule has 1 saturated heterocycles. The Kier molecular flexibility index (Phi) is 4.78. The molecule has 0 aliphatic carbocycles. The Labute approximate surface area is 126 Å². The second-order valence-electron chi connectivity index (χ2n) is 5.54. The number of piperidine rings is 1. The van der Waals surface area contributed by atoms with Gasteiger partial charge in [-0.05, 0) is 43.5 Å². The SMILES string of the molecule is CC1CNCCC1C(c1ccc(C(F)(F)F)cn1)S(=O)(=O)O. The normalized spacial score (nSPS) is 25.0. The molecule has 0 amide bonds. The first-order valence-corrected chi connectivity index (χ1v) is 8.31. The van der Waals surface area contributed by atoms with E-state index in [1.807, 2.05) is 6.92 Å². The van der Waals surface area contributed by atoms with Crippen molar-refractivity contribution < 1.29 is 26.1 Å². The highest BCUT2D eigenvalue weighted by Gasteiger charge is 2.39. The number of aromatic nitrogens is 1. The molecule has 2 rings (SSSR count). The Hall–Kier alpha value is -1.19. The zero-order valence-corrected chi connectivity index (χ0v) is 12.7. The van der Waals surface area contributed by atoms with Gasteiger partial charge in [0, 0.05) is 6.20 Å². The predicted molar refractivity (Wildman–Crippen MR) is 73.7 cm³/mol. The summed E-state index contributed by atoms with van der Waals surface area (Å²) < 4.78 is 70.6. The molecule has 0 bridgehead atoms. The van der Waals surface area contributed by atoms with Gasteiger partial charge in [0.25, 0.3) is 10.1 Å². The van der Waals surface area contributed by atoms with Crippen LogP contribution < -0.4 is 5.32 Å². The van der Waals surface area contributed by atoms with Gasteiger partial charge in [-0.25, -0.2) is 0 Å². The summed E-state index contributed by atoms with van der Waals surface area (Å²) in [5, 5.41) is 1.79. The van der Waals surface area contributed by atoms with Crippen molar-refractivity contribution >= 4 is 10.1 Å².